The molecule has 5 heteroatoms. The fourth-order valence-electron chi connectivity index (χ4n) is 2.38. The highest BCUT2D eigenvalue weighted by Gasteiger charge is 2.15. The van der Waals surface area contributed by atoms with Gasteiger partial charge in [-0.25, -0.2) is 0 Å². The van der Waals surface area contributed by atoms with Crippen LogP contribution in [0.15, 0.2) is 0 Å². The van der Waals surface area contributed by atoms with Crippen LogP contribution in [0.25, 0.3) is 0 Å². The van der Waals surface area contributed by atoms with Gasteiger partial charge in [0.05, 0.1) is 45.6 Å². The summed E-state index contributed by atoms with van der Waals surface area (Å²) in [6.07, 6.45) is 7.01. The average molecular weight is 316 g/mol. The zero-order valence-corrected chi connectivity index (χ0v) is 14.4. The predicted molar refractivity (Wildman–Crippen MR) is 84.9 cm³/mol. The van der Waals surface area contributed by atoms with Gasteiger partial charge in [0.25, 0.3) is 0 Å². The van der Waals surface area contributed by atoms with Crippen molar-refractivity contribution in [2.75, 3.05) is 33.0 Å². The van der Waals surface area contributed by atoms with E-state index in [-0.39, 0.29) is 12.4 Å². The Balaban J connectivity index is 1.82. The maximum atomic E-state index is 11.4. The molecule has 0 N–H and O–H groups in total. The molecule has 0 amide bonds. The Labute approximate surface area is 134 Å². The minimum Gasteiger partial charge on any atom is -0.460 e. The zero-order chi connectivity index (χ0) is 16.3. The zero-order valence-electron chi connectivity index (χ0n) is 14.4. The van der Waals surface area contributed by atoms with Gasteiger partial charge in [0, 0.05) is 0 Å². The van der Waals surface area contributed by atoms with E-state index in [1.54, 1.807) is 0 Å². The first kappa shape index (κ1) is 19.4. The van der Waals surface area contributed by atoms with Crippen LogP contribution in [0.1, 0.15) is 59.3 Å². The highest BCUT2D eigenvalue weighted by molar-refractivity contribution is 5.69. The SMILES string of the molecule is CC(C)(C)OC(=O)CCOCCOCCOC1CCCCC1. The second-order valence-corrected chi connectivity index (χ2v) is 6.69. The lowest BCUT2D eigenvalue weighted by molar-refractivity contribution is -0.156. The van der Waals surface area contributed by atoms with Crippen molar-refractivity contribution in [3.8, 4) is 0 Å². The minimum atomic E-state index is -0.432. The van der Waals surface area contributed by atoms with Crippen LogP contribution in [0.4, 0.5) is 0 Å². The molecule has 0 heterocycles. The second kappa shape index (κ2) is 11.0. The van der Waals surface area contributed by atoms with Gasteiger partial charge >= 0.3 is 5.97 Å². The van der Waals surface area contributed by atoms with Gasteiger partial charge in [0.2, 0.25) is 0 Å². The van der Waals surface area contributed by atoms with Gasteiger partial charge in [-0.1, -0.05) is 19.3 Å². The van der Waals surface area contributed by atoms with Crippen LogP contribution in [0.5, 0.6) is 0 Å². The summed E-state index contributed by atoms with van der Waals surface area (Å²) in [5, 5.41) is 0. The molecule has 0 aromatic carbocycles. The predicted octanol–water partition coefficient (Wildman–Crippen LogP) is 3.10. The monoisotopic (exact) mass is 316 g/mol. The standard InChI is InChI=1S/C17H32O5/c1-17(2,3)22-16(18)9-10-19-11-12-20-13-14-21-15-7-5-4-6-8-15/h15H,4-14H2,1-3H3. The van der Waals surface area contributed by atoms with E-state index >= 15 is 0 Å². The molecule has 1 saturated carbocycles. The average Bonchev–Trinajstić information content (AvgIpc) is 2.44. The van der Waals surface area contributed by atoms with Crippen LogP contribution in [0.2, 0.25) is 0 Å². The van der Waals surface area contributed by atoms with E-state index in [1.807, 2.05) is 20.8 Å². The second-order valence-electron chi connectivity index (χ2n) is 6.69. The third-order valence-corrected chi connectivity index (χ3v) is 3.38. The van der Waals surface area contributed by atoms with Gasteiger partial charge in [0.1, 0.15) is 5.60 Å². The van der Waals surface area contributed by atoms with Crippen LogP contribution in [0, 0.1) is 0 Å². The Morgan fingerprint density at radius 2 is 1.50 bits per heavy atom. The summed E-state index contributed by atoms with van der Waals surface area (Å²) in [7, 11) is 0. The molecule has 1 aliphatic rings. The van der Waals surface area contributed by atoms with Crippen molar-refractivity contribution in [2.45, 2.75) is 71.0 Å². The summed E-state index contributed by atoms with van der Waals surface area (Å²) < 4.78 is 21.7. The molecule has 0 atom stereocenters. The highest BCUT2D eigenvalue weighted by Crippen LogP contribution is 2.19. The van der Waals surface area contributed by atoms with E-state index < -0.39 is 5.60 Å². The Kier molecular flexibility index (Phi) is 9.68. The van der Waals surface area contributed by atoms with Gasteiger partial charge in [-0.3, -0.25) is 4.79 Å². The molecular formula is C17H32O5. The molecule has 0 spiro atoms. The van der Waals surface area contributed by atoms with Crippen molar-refractivity contribution in [2.24, 2.45) is 0 Å². The lowest BCUT2D eigenvalue weighted by Gasteiger charge is -2.21. The van der Waals surface area contributed by atoms with Crippen LogP contribution in [-0.4, -0.2) is 50.7 Å². The lowest BCUT2D eigenvalue weighted by Crippen LogP contribution is -2.24. The summed E-state index contributed by atoms with van der Waals surface area (Å²) >= 11 is 0. The number of hydrogen-bond acceptors (Lipinski definition) is 5. The van der Waals surface area contributed by atoms with Crippen molar-refractivity contribution >= 4 is 5.97 Å². The Morgan fingerprint density at radius 3 is 2.14 bits per heavy atom. The van der Waals surface area contributed by atoms with E-state index in [9.17, 15) is 4.79 Å². The summed E-state index contributed by atoms with van der Waals surface area (Å²) in [6.45, 7) is 8.22. The number of esters is 1. The largest absolute Gasteiger partial charge is 0.460 e. The molecule has 0 aromatic rings. The number of hydrogen-bond donors (Lipinski definition) is 0. The molecule has 1 rings (SSSR count). The molecule has 22 heavy (non-hydrogen) atoms. The van der Waals surface area contributed by atoms with Crippen molar-refractivity contribution in [1.29, 1.82) is 0 Å². The maximum absolute atomic E-state index is 11.4. The highest BCUT2D eigenvalue weighted by atomic mass is 16.6. The summed E-state index contributed by atoms with van der Waals surface area (Å²) in [4.78, 5) is 11.4. The molecule has 0 bridgehead atoms. The van der Waals surface area contributed by atoms with Crippen molar-refractivity contribution in [3.63, 3.8) is 0 Å². The van der Waals surface area contributed by atoms with E-state index in [1.165, 1.54) is 32.1 Å². The number of carbonyl (C=O) groups is 1. The van der Waals surface area contributed by atoms with Gasteiger partial charge < -0.3 is 18.9 Å². The molecule has 0 aliphatic heterocycles. The van der Waals surface area contributed by atoms with Crippen LogP contribution >= 0.6 is 0 Å². The van der Waals surface area contributed by atoms with Gasteiger partial charge in [-0.05, 0) is 33.6 Å². The number of ether oxygens (including phenoxy) is 4. The molecule has 1 aliphatic carbocycles. The van der Waals surface area contributed by atoms with E-state index in [0.717, 1.165) is 0 Å². The van der Waals surface area contributed by atoms with Crippen molar-refractivity contribution in [3.05, 3.63) is 0 Å². The summed E-state index contributed by atoms with van der Waals surface area (Å²) in [5.74, 6) is -0.227. The fourth-order valence-corrected chi connectivity index (χ4v) is 2.38. The normalized spacial score (nSPS) is 16.7. The molecule has 0 aromatic heterocycles. The maximum Gasteiger partial charge on any atom is 0.308 e. The minimum absolute atomic E-state index is 0.227. The fraction of sp³-hybridized carbons (Fsp3) is 0.941. The Hall–Kier alpha value is -0.650. The van der Waals surface area contributed by atoms with Gasteiger partial charge in [0.15, 0.2) is 0 Å². The molecule has 0 saturated heterocycles. The first-order chi connectivity index (χ1) is 10.5. The van der Waals surface area contributed by atoms with Crippen LogP contribution in [0.3, 0.4) is 0 Å². The Bertz CT molecular complexity index is 292. The molecule has 1 fully saturated rings. The van der Waals surface area contributed by atoms with E-state index in [4.69, 9.17) is 18.9 Å². The molecule has 130 valence electrons. The number of rotatable bonds is 10. The van der Waals surface area contributed by atoms with Gasteiger partial charge in [-0.2, -0.15) is 0 Å². The summed E-state index contributed by atoms with van der Waals surface area (Å²) in [6, 6.07) is 0. The lowest BCUT2D eigenvalue weighted by atomic mass is 9.98. The molecule has 0 radical (unpaired) electrons. The first-order valence-corrected chi connectivity index (χ1v) is 8.46. The quantitative estimate of drug-likeness (QED) is 0.458. The third kappa shape index (κ3) is 11.0. The van der Waals surface area contributed by atoms with Crippen LogP contribution in [-0.2, 0) is 23.7 Å². The molecule has 0 unspecified atom stereocenters. The van der Waals surface area contributed by atoms with E-state index in [2.05, 4.69) is 0 Å². The smallest absolute Gasteiger partial charge is 0.308 e. The van der Waals surface area contributed by atoms with Crippen molar-refractivity contribution in [1.82, 2.24) is 0 Å². The first-order valence-electron chi connectivity index (χ1n) is 8.46. The van der Waals surface area contributed by atoms with Crippen molar-refractivity contribution < 1.29 is 23.7 Å². The summed E-state index contributed by atoms with van der Waals surface area (Å²) in [5.41, 5.74) is -0.432. The number of carbonyl (C=O) groups excluding carboxylic acids is 1. The van der Waals surface area contributed by atoms with E-state index in [0.29, 0.717) is 39.1 Å². The third-order valence-electron chi connectivity index (χ3n) is 3.38. The molecular weight excluding hydrogens is 284 g/mol. The Morgan fingerprint density at radius 1 is 0.909 bits per heavy atom. The topological polar surface area (TPSA) is 54.0 Å². The van der Waals surface area contributed by atoms with Gasteiger partial charge in [-0.15, -0.1) is 0 Å². The molecule has 5 nitrogen and oxygen atoms in total. The van der Waals surface area contributed by atoms with Crippen LogP contribution < -0.4 is 0 Å².